The van der Waals surface area contributed by atoms with Gasteiger partial charge in [-0.25, -0.2) is 0 Å². The van der Waals surface area contributed by atoms with Gasteiger partial charge in [0, 0.05) is 23.2 Å². The van der Waals surface area contributed by atoms with Gasteiger partial charge >= 0.3 is 0 Å². The summed E-state index contributed by atoms with van der Waals surface area (Å²) in [6, 6.07) is 11.1. The van der Waals surface area contributed by atoms with Crippen molar-refractivity contribution in [3.05, 3.63) is 58.7 Å². The van der Waals surface area contributed by atoms with E-state index in [9.17, 15) is 9.59 Å². The molecule has 0 aromatic heterocycles. The third-order valence-electron chi connectivity index (χ3n) is 5.08. The first-order valence-electron chi connectivity index (χ1n) is 10.0. The molecule has 3 rings (SSSR count). The van der Waals surface area contributed by atoms with Crippen molar-refractivity contribution in [1.82, 2.24) is 4.90 Å². The van der Waals surface area contributed by atoms with Gasteiger partial charge in [0.05, 0.1) is 20.8 Å². The molecule has 2 aromatic carbocycles. The van der Waals surface area contributed by atoms with Crippen LogP contribution in [-0.2, 0) is 11.2 Å². The van der Waals surface area contributed by atoms with Crippen LogP contribution < -0.4 is 14.8 Å². The summed E-state index contributed by atoms with van der Waals surface area (Å²) in [7, 11) is 5.07. The second-order valence-electron chi connectivity index (χ2n) is 7.45. The molecule has 1 N–H and O–H groups in total. The zero-order valence-electron chi connectivity index (χ0n) is 18.0. The number of rotatable bonds is 8. The second-order valence-corrected chi connectivity index (χ2v) is 7.45. The van der Waals surface area contributed by atoms with Gasteiger partial charge in [-0.1, -0.05) is 19.1 Å². The standard InChI is InChI=1S/C24H28N2O4/c1-5-10-26(2)15-23(27)25-19-8-6-16(7-9-19)11-18-12-17-13-21(29-3)22(30-4)14-20(17)24(18)28/h6-9,11,13-14H,5,10,12,15H2,1-4H3,(H,25,27)/b18-11-. The zero-order chi connectivity index (χ0) is 21.7. The van der Waals surface area contributed by atoms with Crippen molar-refractivity contribution in [2.75, 3.05) is 39.7 Å². The Balaban J connectivity index is 1.70. The van der Waals surface area contributed by atoms with Gasteiger partial charge < -0.3 is 14.8 Å². The SMILES string of the molecule is CCCN(C)CC(=O)Nc1ccc(/C=C2/Cc3cc(OC)c(OC)cc3C2=O)cc1. The Labute approximate surface area is 177 Å². The molecule has 0 saturated heterocycles. The minimum absolute atomic E-state index is 0.00212. The number of ketones is 1. The predicted octanol–water partition coefficient (Wildman–Crippen LogP) is 3.81. The Morgan fingerprint density at radius 1 is 1.13 bits per heavy atom. The number of amides is 1. The number of ether oxygens (including phenoxy) is 2. The Hall–Kier alpha value is -3.12. The van der Waals surface area contributed by atoms with Crippen molar-refractivity contribution in [1.29, 1.82) is 0 Å². The molecule has 6 nitrogen and oxygen atoms in total. The first-order chi connectivity index (χ1) is 14.4. The molecule has 1 aliphatic carbocycles. The fourth-order valence-electron chi connectivity index (χ4n) is 3.62. The van der Waals surface area contributed by atoms with Crippen LogP contribution in [0.25, 0.3) is 6.08 Å². The van der Waals surface area contributed by atoms with Crippen LogP contribution in [0, 0.1) is 0 Å². The lowest BCUT2D eigenvalue weighted by Gasteiger charge is -2.15. The van der Waals surface area contributed by atoms with Crippen LogP contribution in [0.1, 0.15) is 34.8 Å². The number of nitrogens with zero attached hydrogens (tertiary/aromatic N) is 1. The molecular weight excluding hydrogens is 380 g/mol. The van der Waals surface area contributed by atoms with Gasteiger partial charge in [0.25, 0.3) is 0 Å². The van der Waals surface area contributed by atoms with Gasteiger partial charge in [0.2, 0.25) is 5.91 Å². The molecule has 0 aliphatic heterocycles. The van der Waals surface area contributed by atoms with E-state index in [1.54, 1.807) is 20.3 Å². The maximum Gasteiger partial charge on any atom is 0.238 e. The third kappa shape index (κ3) is 4.89. The fraction of sp³-hybridized carbons (Fsp3) is 0.333. The van der Waals surface area contributed by atoms with Crippen LogP contribution in [0.5, 0.6) is 11.5 Å². The number of methoxy groups -OCH3 is 2. The summed E-state index contributed by atoms with van der Waals surface area (Å²) in [6.45, 7) is 3.33. The highest BCUT2D eigenvalue weighted by Gasteiger charge is 2.27. The summed E-state index contributed by atoms with van der Waals surface area (Å²) in [6.07, 6.45) is 3.45. The van der Waals surface area contributed by atoms with Crippen LogP contribution in [0.3, 0.4) is 0 Å². The lowest BCUT2D eigenvalue weighted by Crippen LogP contribution is -2.30. The zero-order valence-corrected chi connectivity index (χ0v) is 18.0. The van der Waals surface area contributed by atoms with Crippen molar-refractivity contribution in [2.45, 2.75) is 19.8 Å². The Bertz CT molecular complexity index is 964. The molecule has 0 radical (unpaired) electrons. The molecule has 0 atom stereocenters. The molecule has 1 aliphatic rings. The summed E-state index contributed by atoms with van der Waals surface area (Å²) in [5.74, 6) is 1.13. The number of allylic oxidation sites excluding steroid dienone is 1. The van der Waals surface area contributed by atoms with Gasteiger partial charge in [-0.15, -0.1) is 0 Å². The third-order valence-corrected chi connectivity index (χ3v) is 5.08. The number of hydrogen-bond acceptors (Lipinski definition) is 5. The van der Waals surface area contributed by atoms with Gasteiger partial charge in [-0.2, -0.15) is 0 Å². The van der Waals surface area contributed by atoms with Crippen LogP contribution in [0.2, 0.25) is 0 Å². The van der Waals surface area contributed by atoms with E-state index in [-0.39, 0.29) is 11.7 Å². The lowest BCUT2D eigenvalue weighted by molar-refractivity contribution is -0.117. The van der Waals surface area contributed by atoms with Crippen LogP contribution in [0.15, 0.2) is 42.0 Å². The smallest absolute Gasteiger partial charge is 0.238 e. The number of likely N-dealkylation sites (N-methyl/N-ethyl adjacent to an activating group) is 1. The highest BCUT2D eigenvalue weighted by molar-refractivity contribution is 6.16. The van der Waals surface area contributed by atoms with E-state index in [2.05, 4.69) is 12.2 Å². The van der Waals surface area contributed by atoms with E-state index >= 15 is 0 Å². The molecule has 0 fully saturated rings. The summed E-state index contributed by atoms with van der Waals surface area (Å²) in [5, 5.41) is 2.90. The quantitative estimate of drug-likeness (QED) is 0.673. The van der Waals surface area contributed by atoms with Crippen LogP contribution >= 0.6 is 0 Å². The van der Waals surface area contributed by atoms with E-state index in [1.165, 1.54) is 0 Å². The first kappa shape index (κ1) is 21.6. The molecule has 0 unspecified atom stereocenters. The largest absolute Gasteiger partial charge is 0.493 e. The maximum absolute atomic E-state index is 12.8. The molecule has 1 amide bonds. The van der Waals surface area contributed by atoms with Crippen molar-refractivity contribution in [3.8, 4) is 11.5 Å². The molecule has 0 saturated carbocycles. The van der Waals surface area contributed by atoms with Gasteiger partial charge in [-0.3, -0.25) is 14.5 Å². The summed E-state index contributed by atoms with van der Waals surface area (Å²) in [5.41, 5.74) is 3.95. The van der Waals surface area contributed by atoms with Gasteiger partial charge in [0.15, 0.2) is 17.3 Å². The van der Waals surface area contributed by atoms with Crippen molar-refractivity contribution >= 4 is 23.5 Å². The van der Waals surface area contributed by atoms with Crippen LogP contribution in [0.4, 0.5) is 5.69 Å². The summed E-state index contributed by atoms with van der Waals surface area (Å²) < 4.78 is 10.7. The number of benzene rings is 2. The number of anilines is 1. The Morgan fingerprint density at radius 3 is 2.43 bits per heavy atom. The Morgan fingerprint density at radius 2 is 1.80 bits per heavy atom. The lowest BCUT2D eigenvalue weighted by atomic mass is 10.1. The number of nitrogens with one attached hydrogen (secondary N) is 1. The molecule has 0 spiro atoms. The first-order valence-corrected chi connectivity index (χ1v) is 10.0. The van der Waals surface area contributed by atoms with E-state index < -0.39 is 0 Å². The molecule has 6 heteroatoms. The summed E-state index contributed by atoms with van der Waals surface area (Å²) in [4.78, 5) is 26.9. The molecule has 0 heterocycles. The molecule has 2 aromatic rings. The molecular formula is C24H28N2O4. The average Bonchev–Trinajstić information content (AvgIpc) is 3.03. The van der Waals surface area contributed by atoms with E-state index in [1.807, 2.05) is 48.4 Å². The van der Waals surface area contributed by atoms with Gasteiger partial charge in [-0.05, 0) is 61.5 Å². The fourth-order valence-corrected chi connectivity index (χ4v) is 3.62. The van der Waals surface area contributed by atoms with Crippen molar-refractivity contribution < 1.29 is 19.1 Å². The Kier molecular flexibility index (Phi) is 6.90. The normalized spacial score (nSPS) is 14.2. The number of carbonyl (C=O) groups excluding carboxylic acids is 2. The monoisotopic (exact) mass is 408 g/mol. The van der Waals surface area contributed by atoms with Crippen molar-refractivity contribution in [3.63, 3.8) is 0 Å². The molecule has 0 bridgehead atoms. The second kappa shape index (κ2) is 9.59. The number of fused-ring (bicyclic) bond motifs is 1. The topological polar surface area (TPSA) is 67.9 Å². The van der Waals surface area contributed by atoms with Crippen molar-refractivity contribution in [2.24, 2.45) is 0 Å². The van der Waals surface area contributed by atoms with E-state index in [0.29, 0.717) is 30.0 Å². The van der Waals surface area contributed by atoms with Gasteiger partial charge in [0.1, 0.15) is 0 Å². The minimum Gasteiger partial charge on any atom is -0.493 e. The average molecular weight is 408 g/mol. The predicted molar refractivity (Wildman–Crippen MR) is 118 cm³/mol. The van der Waals surface area contributed by atoms with Crippen LogP contribution in [-0.4, -0.2) is 50.9 Å². The number of carbonyl (C=O) groups is 2. The maximum atomic E-state index is 12.8. The molecule has 158 valence electrons. The highest BCUT2D eigenvalue weighted by atomic mass is 16.5. The highest BCUT2D eigenvalue weighted by Crippen LogP contribution is 2.37. The summed E-state index contributed by atoms with van der Waals surface area (Å²) >= 11 is 0. The minimum atomic E-state index is -0.0404. The molecule has 30 heavy (non-hydrogen) atoms. The van der Waals surface area contributed by atoms with E-state index in [0.717, 1.165) is 35.4 Å². The van der Waals surface area contributed by atoms with E-state index in [4.69, 9.17) is 9.47 Å². The number of hydrogen-bond donors (Lipinski definition) is 1. The number of Topliss-reactive ketones (excluding diaryl/α,β-unsaturated/α-hetero) is 1.